The van der Waals surface area contributed by atoms with Crippen molar-refractivity contribution in [3.05, 3.63) is 29.8 Å². The van der Waals surface area contributed by atoms with Crippen LogP contribution in [0.2, 0.25) is 0 Å². The third-order valence-electron chi connectivity index (χ3n) is 1.60. The summed E-state index contributed by atoms with van der Waals surface area (Å²) in [5.74, 6) is 0.936. The van der Waals surface area contributed by atoms with E-state index in [-0.39, 0.29) is 0 Å². The molecule has 66 valence electrons. The fourth-order valence-corrected chi connectivity index (χ4v) is 1.23. The number of benzene rings is 1. The molecule has 1 rings (SSSR count). The van der Waals surface area contributed by atoms with Crippen LogP contribution in [-0.2, 0) is 6.54 Å². The fourth-order valence-electron chi connectivity index (χ4n) is 1.03. The molecule has 0 saturated heterocycles. The second-order valence-electron chi connectivity index (χ2n) is 2.37. The van der Waals surface area contributed by atoms with E-state index < -0.39 is 0 Å². The summed E-state index contributed by atoms with van der Waals surface area (Å²) in [6.45, 7) is 0.829. The lowest BCUT2D eigenvalue weighted by molar-refractivity contribution is 0.408. The third kappa shape index (κ3) is 2.50. The summed E-state index contributed by atoms with van der Waals surface area (Å²) >= 11 is 3.30. The molecule has 0 heterocycles. The van der Waals surface area contributed by atoms with Crippen LogP contribution in [0, 0.1) is 0 Å². The van der Waals surface area contributed by atoms with E-state index in [1.54, 1.807) is 7.11 Å². The molecule has 0 aromatic heterocycles. The average Bonchev–Trinajstić information content (AvgIpc) is 2.15. The predicted molar refractivity (Wildman–Crippen MR) is 53.6 cm³/mol. The first-order chi connectivity index (χ1) is 5.88. The summed E-state index contributed by atoms with van der Waals surface area (Å²) in [6.07, 6.45) is 0. The van der Waals surface area contributed by atoms with Gasteiger partial charge in [-0.15, -0.1) is 0 Å². The molecule has 1 aromatic rings. The van der Waals surface area contributed by atoms with Gasteiger partial charge in [0, 0.05) is 12.1 Å². The minimum Gasteiger partial charge on any atom is -0.496 e. The number of nitrogens with one attached hydrogen (secondary N) is 1. The second-order valence-corrected chi connectivity index (χ2v) is 2.93. The Labute approximate surface area is 81.1 Å². The standard InChI is InChI=1S/C9H12BrNO/c1-12-9-5-3-2-4-8(9)6-11-7-10/h2-5,11H,6-7H2,1H3. The predicted octanol–water partition coefficient (Wildman–Crippen LogP) is 2.14. The summed E-state index contributed by atoms with van der Waals surface area (Å²) in [7, 11) is 1.69. The first kappa shape index (κ1) is 9.55. The van der Waals surface area contributed by atoms with Gasteiger partial charge < -0.3 is 10.1 Å². The summed E-state index contributed by atoms with van der Waals surface area (Å²) in [6, 6.07) is 7.99. The minimum atomic E-state index is 0.797. The lowest BCUT2D eigenvalue weighted by Crippen LogP contribution is -2.10. The number of methoxy groups -OCH3 is 1. The van der Waals surface area contributed by atoms with Gasteiger partial charge in [-0.1, -0.05) is 34.1 Å². The first-order valence-corrected chi connectivity index (χ1v) is 4.89. The Morgan fingerprint density at radius 3 is 2.83 bits per heavy atom. The maximum Gasteiger partial charge on any atom is 0.123 e. The normalized spacial score (nSPS) is 9.83. The van der Waals surface area contributed by atoms with Crippen molar-refractivity contribution in [1.29, 1.82) is 0 Å². The van der Waals surface area contributed by atoms with Gasteiger partial charge in [0.05, 0.1) is 12.6 Å². The zero-order valence-electron chi connectivity index (χ0n) is 7.01. The van der Waals surface area contributed by atoms with E-state index in [2.05, 4.69) is 27.3 Å². The lowest BCUT2D eigenvalue weighted by atomic mass is 10.2. The average molecular weight is 230 g/mol. The van der Waals surface area contributed by atoms with Crippen LogP contribution in [0.1, 0.15) is 5.56 Å². The Hall–Kier alpha value is -0.540. The molecule has 0 fully saturated rings. The van der Waals surface area contributed by atoms with Crippen molar-refractivity contribution in [3.63, 3.8) is 0 Å². The van der Waals surface area contributed by atoms with Crippen LogP contribution in [0.15, 0.2) is 24.3 Å². The van der Waals surface area contributed by atoms with Crippen molar-refractivity contribution in [1.82, 2.24) is 5.32 Å². The highest BCUT2D eigenvalue weighted by Gasteiger charge is 1.98. The molecule has 3 heteroatoms. The Morgan fingerprint density at radius 1 is 1.42 bits per heavy atom. The molecule has 0 bridgehead atoms. The van der Waals surface area contributed by atoms with Gasteiger partial charge in [0.2, 0.25) is 0 Å². The highest BCUT2D eigenvalue weighted by Crippen LogP contribution is 2.16. The maximum atomic E-state index is 5.19. The number of hydrogen-bond acceptors (Lipinski definition) is 2. The van der Waals surface area contributed by atoms with Crippen molar-refractivity contribution in [2.75, 3.05) is 12.6 Å². The highest BCUT2D eigenvalue weighted by atomic mass is 79.9. The van der Waals surface area contributed by atoms with Crippen LogP contribution < -0.4 is 10.1 Å². The molecule has 1 aromatic carbocycles. The van der Waals surface area contributed by atoms with Gasteiger partial charge in [0.1, 0.15) is 5.75 Å². The number of halogens is 1. The Kier molecular flexibility index (Phi) is 4.11. The first-order valence-electron chi connectivity index (χ1n) is 3.77. The summed E-state index contributed by atoms with van der Waals surface area (Å²) in [4.78, 5) is 0. The van der Waals surface area contributed by atoms with Crippen LogP contribution in [0.25, 0.3) is 0 Å². The third-order valence-corrected chi connectivity index (χ3v) is 2.00. The number of ether oxygens (including phenoxy) is 1. The van der Waals surface area contributed by atoms with Crippen molar-refractivity contribution in [3.8, 4) is 5.75 Å². The highest BCUT2D eigenvalue weighted by molar-refractivity contribution is 9.09. The molecule has 2 nitrogen and oxygen atoms in total. The number of hydrogen-bond donors (Lipinski definition) is 1. The van der Waals surface area contributed by atoms with Crippen molar-refractivity contribution < 1.29 is 4.74 Å². The molecule has 0 amide bonds. The molecule has 0 saturated carbocycles. The second kappa shape index (κ2) is 5.17. The van der Waals surface area contributed by atoms with E-state index in [0.29, 0.717) is 0 Å². The lowest BCUT2D eigenvalue weighted by Gasteiger charge is -2.07. The SMILES string of the molecule is COc1ccccc1CNCBr. The van der Waals surface area contributed by atoms with Crippen LogP contribution >= 0.6 is 15.9 Å². The van der Waals surface area contributed by atoms with Crippen LogP contribution in [0.5, 0.6) is 5.75 Å². The Morgan fingerprint density at radius 2 is 2.17 bits per heavy atom. The van der Waals surface area contributed by atoms with E-state index >= 15 is 0 Å². The quantitative estimate of drug-likeness (QED) is 0.632. The number of para-hydroxylation sites is 1. The van der Waals surface area contributed by atoms with Gasteiger partial charge in [-0.25, -0.2) is 0 Å². The van der Waals surface area contributed by atoms with E-state index in [0.717, 1.165) is 17.7 Å². The van der Waals surface area contributed by atoms with Crippen LogP contribution in [0.3, 0.4) is 0 Å². The summed E-state index contributed by atoms with van der Waals surface area (Å²) < 4.78 is 5.19. The smallest absolute Gasteiger partial charge is 0.123 e. The molecular weight excluding hydrogens is 218 g/mol. The number of rotatable bonds is 4. The minimum absolute atomic E-state index is 0.797. The molecule has 0 aliphatic carbocycles. The molecule has 1 N–H and O–H groups in total. The molecule has 0 aliphatic rings. The Balaban J connectivity index is 2.68. The summed E-state index contributed by atoms with van der Waals surface area (Å²) in [5, 5.41) is 3.18. The van der Waals surface area contributed by atoms with E-state index in [1.807, 2.05) is 18.2 Å². The largest absolute Gasteiger partial charge is 0.496 e. The fraction of sp³-hybridized carbons (Fsp3) is 0.333. The molecule has 0 unspecified atom stereocenters. The van der Waals surface area contributed by atoms with Gasteiger partial charge in [-0.3, -0.25) is 0 Å². The zero-order chi connectivity index (χ0) is 8.81. The maximum absolute atomic E-state index is 5.19. The van der Waals surface area contributed by atoms with Crippen molar-refractivity contribution in [2.45, 2.75) is 6.54 Å². The topological polar surface area (TPSA) is 21.3 Å². The van der Waals surface area contributed by atoms with Crippen molar-refractivity contribution in [2.24, 2.45) is 0 Å². The van der Waals surface area contributed by atoms with E-state index in [4.69, 9.17) is 4.74 Å². The van der Waals surface area contributed by atoms with Gasteiger partial charge in [0.15, 0.2) is 0 Å². The summed E-state index contributed by atoms with van der Waals surface area (Å²) in [5.41, 5.74) is 1.98. The molecule has 12 heavy (non-hydrogen) atoms. The van der Waals surface area contributed by atoms with E-state index in [1.165, 1.54) is 5.56 Å². The van der Waals surface area contributed by atoms with E-state index in [9.17, 15) is 0 Å². The zero-order valence-corrected chi connectivity index (χ0v) is 8.60. The Bertz CT molecular complexity index is 240. The van der Waals surface area contributed by atoms with Crippen molar-refractivity contribution >= 4 is 15.9 Å². The monoisotopic (exact) mass is 229 g/mol. The van der Waals surface area contributed by atoms with Gasteiger partial charge in [-0.2, -0.15) is 0 Å². The van der Waals surface area contributed by atoms with Gasteiger partial charge in [-0.05, 0) is 6.07 Å². The van der Waals surface area contributed by atoms with Crippen LogP contribution in [0.4, 0.5) is 0 Å². The molecule has 0 atom stereocenters. The van der Waals surface area contributed by atoms with Gasteiger partial charge >= 0.3 is 0 Å². The molecule has 0 spiro atoms. The molecule has 0 radical (unpaired) electrons. The number of alkyl halides is 1. The van der Waals surface area contributed by atoms with Crippen LogP contribution in [-0.4, -0.2) is 12.6 Å². The molecular formula is C9H12BrNO. The van der Waals surface area contributed by atoms with Gasteiger partial charge in [0.25, 0.3) is 0 Å². The molecule has 0 aliphatic heterocycles.